The number of fused-ring (bicyclic) bond motifs is 1. The lowest BCUT2D eigenvalue weighted by atomic mass is 10.1. The van der Waals surface area contributed by atoms with E-state index >= 15 is 0 Å². The van der Waals surface area contributed by atoms with E-state index in [1.807, 2.05) is 13.8 Å². The molecule has 0 spiro atoms. The Morgan fingerprint density at radius 3 is 2.59 bits per heavy atom. The van der Waals surface area contributed by atoms with Crippen molar-refractivity contribution in [2.24, 2.45) is 0 Å². The first-order valence-electron chi connectivity index (χ1n) is 8.49. The van der Waals surface area contributed by atoms with Gasteiger partial charge in [-0.05, 0) is 49.7 Å². The molecule has 2 N–H and O–H groups in total. The lowest BCUT2D eigenvalue weighted by Crippen LogP contribution is -2.23. The van der Waals surface area contributed by atoms with E-state index in [4.69, 9.17) is 16.3 Å². The van der Waals surface area contributed by atoms with Gasteiger partial charge in [0.1, 0.15) is 0 Å². The number of H-pyrrole nitrogens is 1. The van der Waals surface area contributed by atoms with Crippen LogP contribution < -0.4 is 5.32 Å². The van der Waals surface area contributed by atoms with E-state index in [1.54, 1.807) is 12.1 Å². The van der Waals surface area contributed by atoms with E-state index < -0.39 is 35.9 Å². The lowest BCUT2D eigenvalue weighted by molar-refractivity contribution is -0.137. The number of alkyl halides is 3. The average Bonchev–Trinajstić information content (AvgIpc) is 2.94. The molecule has 0 fully saturated rings. The largest absolute Gasteiger partial charge is 0.452 e. The molecule has 0 bridgehead atoms. The number of aryl methyl sites for hydroxylation is 2. The smallest absolute Gasteiger partial charge is 0.418 e. The molecule has 1 amide bonds. The standard InChI is InChI=1S/C20H16ClF3N2O3/c1-10-11(2)25-16-7-6-12(8-13(10)16)19(28)29-9-17(27)26-18-14(20(22,23)24)4-3-5-15(18)21/h3-8,25H,9H2,1-2H3,(H,26,27). The fourth-order valence-electron chi connectivity index (χ4n) is 2.87. The highest BCUT2D eigenvalue weighted by atomic mass is 35.5. The summed E-state index contributed by atoms with van der Waals surface area (Å²) in [4.78, 5) is 27.4. The average molecular weight is 425 g/mol. The molecule has 0 saturated carbocycles. The van der Waals surface area contributed by atoms with Gasteiger partial charge in [0.05, 0.1) is 21.8 Å². The van der Waals surface area contributed by atoms with E-state index in [1.165, 1.54) is 12.1 Å². The summed E-state index contributed by atoms with van der Waals surface area (Å²) in [6, 6.07) is 8.02. The molecule has 0 radical (unpaired) electrons. The van der Waals surface area contributed by atoms with Crippen LogP contribution in [0.3, 0.4) is 0 Å². The third-order valence-corrected chi connectivity index (χ3v) is 4.78. The minimum absolute atomic E-state index is 0.223. The first-order chi connectivity index (χ1) is 13.6. The minimum Gasteiger partial charge on any atom is -0.452 e. The minimum atomic E-state index is -4.70. The monoisotopic (exact) mass is 424 g/mol. The fraction of sp³-hybridized carbons (Fsp3) is 0.200. The lowest BCUT2D eigenvalue weighted by Gasteiger charge is -2.15. The maximum Gasteiger partial charge on any atom is 0.418 e. The van der Waals surface area contributed by atoms with Crippen LogP contribution in [0.4, 0.5) is 18.9 Å². The van der Waals surface area contributed by atoms with E-state index in [0.717, 1.165) is 34.3 Å². The van der Waals surface area contributed by atoms with Gasteiger partial charge >= 0.3 is 12.1 Å². The first kappa shape index (κ1) is 20.7. The van der Waals surface area contributed by atoms with Crippen LogP contribution in [0.15, 0.2) is 36.4 Å². The Hall–Kier alpha value is -3.00. The molecule has 5 nitrogen and oxygen atoms in total. The van der Waals surface area contributed by atoms with Gasteiger partial charge in [-0.1, -0.05) is 17.7 Å². The van der Waals surface area contributed by atoms with Crippen molar-refractivity contribution in [1.29, 1.82) is 0 Å². The van der Waals surface area contributed by atoms with Crippen LogP contribution in [0.2, 0.25) is 5.02 Å². The van der Waals surface area contributed by atoms with Crippen LogP contribution in [0, 0.1) is 13.8 Å². The highest BCUT2D eigenvalue weighted by Gasteiger charge is 2.34. The van der Waals surface area contributed by atoms with E-state index in [9.17, 15) is 22.8 Å². The molecule has 0 atom stereocenters. The molecular formula is C20H16ClF3N2O3. The van der Waals surface area contributed by atoms with Gasteiger partial charge < -0.3 is 15.0 Å². The van der Waals surface area contributed by atoms with Gasteiger partial charge in [0, 0.05) is 16.6 Å². The molecule has 1 aromatic heterocycles. The van der Waals surface area contributed by atoms with Crippen LogP contribution in [0.1, 0.15) is 27.2 Å². The Labute approximate surface area is 168 Å². The van der Waals surface area contributed by atoms with Crippen molar-refractivity contribution < 1.29 is 27.5 Å². The Morgan fingerprint density at radius 1 is 1.17 bits per heavy atom. The summed E-state index contributed by atoms with van der Waals surface area (Å²) in [5, 5.41) is 2.63. The number of hydrogen-bond donors (Lipinski definition) is 2. The highest BCUT2D eigenvalue weighted by molar-refractivity contribution is 6.34. The number of carbonyl (C=O) groups excluding carboxylic acids is 2. The Balaban J connectivity index is 1.70. The van der Waals surface area contributed by atoms with Gasteiger partial charge in [-0.25, -0.2) is 4.79 Å². The first-order valence-corrected chi connectivity index (χ1v) is 8.87. The molecule has 0 aliphatic rings. The SMILES string of the molecule is Cc1[nH]c2ccc(C(=O)OCC(=O)Nc3c(Cl)cccc3C(F)(F)F)cc2c1C. The second-order valence-corrected chi connectivity index (χ2v) is 6.83. The van der Waals surface area contributed by atoms with Crippen molar-refractivity contribution in [3.05, 3.63) is 63.8 Å². The van der Waals surface area contributed by atoms with Crippen LogP contribution >= 0.6 is 11.6 Å². The van der Waals surface area contributed by atoms with Crippen LogP contribution in [0.25, 0.3) is 10.9 Å². The third kappa shape index (κ3) is 4.37. The van der Waals surface area contributed by atoms with Crippen molar-refractivity contribution in [1.82, 2.24) is 4.98 Å². The number of halogens is 4. The molecule has 0 saturated heterocycles. The van der Waals surface area contributed by atoms with Crippen molar-refractivity contribution >= 4 is 40.1 Å². The van der Waals surface area contributed by atoms with E-state index in [0.29, 0.717) is 0 Å². The number of aromatic nitrogens is 1. The summed E-state index contributed by atoms with van der Waals surface area (Å²) in [6.07, 6.45) is -4.70. The molecule has 0 unspecified atom stereocenters. The van der Waals surface area contributed by atoms with Gasteiger partial charge in [0.25, 0.3) is 5.91 Å². The fourth-order valence-corrected chi connectivity index (χ4v) is 3.09. The molecule has 2 aromatic carbocycles. The second kappa shape index (κ2) is 7.79. The van der Waals surface area contributed by atoms with E-state index in [-0.39, 0.29) is 10.6 Å². The number of benzene rings is 2. The quantitative estimate of drug-likeness (QED) is 0.562. The Bertz CT molecular complexity index is 1110. The van der Waals surface area contributed by atoms with Crippen LogP contribution in [-0.2, 0) is 15.7 Å². The number of rotatable bonds is 4. The normalized spacial score (nSPS) is 11.5. The summed E-state index contributed by atoms with van der Waals surface area (Å²) in [5.41, 5.74) is 1.35. The summed E-state index contributed by atoms with van der Waals surface area (Å²) in [7, 11) is 0. The molecule has 152 valence electrons. The van der Waals surface area contributed by atoms with E-state index in [2.05, 4.69) is 10.3 Å². The molecule has 3 aromatic rings. The Morgan fingerprint density at radius 2 is 1.90 bits per heavy atom. The summed E-state index contributed by atoms with van der Waals surface area (Å²) < 4.78 is 44.2. The van der Waals surface area contributed by atoms with Gasteiger partial charge in [-0.15, -0.1) is 0 Å². The zero-order valence-corrected chi connectivity index (χ0v) is 16.2. The zero-order chi connectivity index (χ0) is 21.3. The molecule has 1 heterocycles. The van der Waals surface area contributed by atoms with Crippen molar-refractivity contribution in [2.45, 2.75) is 20.0 Å². The van der Waals surface area contributed by atoms with Gasteiger partial charge in [-0.3, -0.25) is 4.79 Å². The van der Waals surface area contributed by atoms with Crippen LogP contribution in [0.5, 0.6) is 0 Å². The number of amides is 1. The number of hydrogen-bond acceptors (Lipinski definition) is 3. The number of para-hydroxylation sites is 1. The summed E-state index contributed by atoms with van der Waals surface area (Å²) in [6.45, 7) is 3.05. The number of carbonyl (C=O) groups is 2. The molecule has 0 aliphatic carbocycles. The molecule has 0 aliphatic heterocycles. The Kier molecular flexibility index (Phi) is 5.57. The molecule has 3 rings (SSSR count). The topological polar surface area (TPSA) is 71.2 Å². The van der Waals surface area contributed by atoms with Gasteiger partial charge in [0.2, 0.25) is 0 Å². The third-order valence-electron chi connectivity index (χ3n) is 4.46. The van der Waals surface area contributed by atoms with Gasteiger partial charge in [-0.2, -0.15) is 13.2 Å². The van der Waals surface area contributed by atoms with Crippen molar-refractivity contribution in [2.75, 3.05) is 11.9 Å². The predicted molar refractivity (Wildman–Crippen MR) is 103 cm³/mol. The van der Waals surface area contributed by atoms with Crippen molar-refractivity contribution in [3.63, 3.8) is 0 Å². The number of nitrogens with one attached hydrogen (secondary N) is 2. The second-order valence-electron chi connectivity index (χ2n) is 6.42. The maximum atomic E-state index is 13.1. The zero-order valence-electron chi connectivity index (χ0n) is 15.4. The summed E-state index contributed by atoms with van der Waals surface area (Å²) >= 11 is 5.78. The highest BCUT2D eigenvalue weighted by Crippen LogP contribution is 2.38. The van der Waals surface area contributed by atoms with Crippen LogP contribution in [-0.4, -0.2) is 23.5 Å². The maximum absolute atomic E-state index is 13.1. The number of esters is 1. The van der Waals surface area contributed by atoms with Gasteiger partial charge in [0.15, 0.2) is 6.61 Å². The summed E-state index contributed by atoms with van der Waals surface area (Å²) in [5.74, 6) is -1.71. The molecule has 9 heteroatoms. The van der Waals surface area contributed by atoms with Crippen molar-refractivity contribution in [3.8, 4) is 0 Å². The predicted octanol–water partition coefficient (Wildman–Crippen LogP) is 5.25. The molecular weight excluding hydrogens is 409 g/mol. The number of anilines is 1. The molecule has 29 heavy (non-hydrogen) atoms. The number of aromatic amines is 1. The number of ether oxygens (including phenoxy) is 1.